The smallest absolute Gasteiger partial charge is 0.273 e. The molecule has 2 aromatic carbocycles. The summed E-state index contributed by atoms with van der Waals surface area (Å²) in [6, 6.07) is 12.5. The minimum atomic E-state index is -0.971. The number of hydrogen-bond donors (Lipinski definition) is 2. The molecule has 1 saturated heterocycles. The van der Waals surface area contributed by atoms with E-state index in [2.05, 4.69) is 15.8 Å². The predicted molar refractivity (Wildman–Crippen MR) is 118 cm³/mol. The molecular weight excluding hydrogens is 415 g/mol. The van der Waals surface area contributed by atoms with Gasteiger partial charge in [-0.1, -0.05) is 17.3 Å². The van der Waals surface area contributed by atoms with E-state index in [9.17, 15) is 14.0 Å². The first kappa shape index (κ1) is 21.8. The maximum Gasteiger partial charge on any atom is 0.273 e. The van der Waals surface area contributed by atoms with Gasteiger partial charge in [-0.3, -0.25) is 9.59 Å². The van der Waals surface area contributed by atoms with Crippen LogP contribution in [-0.4, -0.2) is 56.5 Å². The molecule has 32 heavy (non-hydrogen) atoms. The summed E-state index contributed by atoms with van der Waals surface area (Å²) >= 11 is 0. The van der Waals surface area contributed by atoms with E-state index < -0.39 is 23.4 Å². The van der Waals surface area contributed by atoms with E-state index in [0.29, 0.717) is 24.3 Å². The predicted octanol–water partition coefficient (Wildman–Crippen LogP) is 2.56. The Balaban J connectivity index is 1.45. The second-order valence-electron chi connectivity index (χ2n) is 8.15. The van der Waals surface area contributed by atoms with Crippen LogP contribution in [0.1, 0.15) is 23.2 Å². The average Bonchev–Trinajstić information content (AvgIpc) is 3.20. The summed E-state index contributed by atoms with van der Waals surface area (Å²) in [6.07, 6.45) is 0.685. The lowest BCUT2D eigenvalue weighted by molar-refractivity contribution is -0.128. The van der Waals surface area contributed by atoms with Gasteiger partial charge in [0.2, 0.25) is 0 Å². The number of benzene rings is 2. The number of halogens is 1. The molecule has 1 fully saturated rings. The Bertz CT molecular complexity index is 1060. The first-order valence-corrected chi connectivity index (χ1v) is 10.3. The van der Waals surface area contributed by atoms with E-state index in [1.807, 2.05) is 37.2 Å². The highest BCUT2D eigenvalue weighted by molar-refractivity contribution is 6.43. The van der Waals surface area contributed by atoms with Crippen molar-refractivity contribution in [1.82, 2.24) is 5.32 Å². The molecule has 2 heterocycles. The highest BCUT2D eigenvalue weighted by Crippen LogP contribution is 2.33. The van der Waals surface area contributed by atoms with Gasteiger partial charge in [-0.05, 0) is 42.8 Å². The molecule has 168 valence electrons. The van der Waals surface area contributed by atoms with Crippen molar-refractivity contribution in [3.8, 4) is 0 Å². The van der Waals surface area contributed by atoms with Gasteiger partial charge in [-0.25, -0.2) is 4.39 Å². The van der Waals surface area contributed by atoms with Crippen molar-refractivity contribution >= 4 is 28.9 Å². The van der Waals surface area contributed by atoms with Crippen LogP contribution in [-0.2, 0) is 14.4 Å². The van der Waals surface area contributed by atoms with E-state index in [1.165, 1.54) is 18.2 Å². The Morgan fingerprint density at radius 2 is 1.97 bits per heavy atom. The van der Waals surface area contributed by atoms with Gasteiger partial charge in [0.25, 0.3) is 11.8 Å². The third-order valence-corrected chi connectivity index (χ3v) is 5.61. The van der Waals surface area contributed by atoms with Gasteiger partial charge in [0.1, 0.15) is 11.5 Å². The first-order valence-electron chi connectivity index (χ1n) is 10.3. The molecule has 0 unspecified atom stereocenters. The number of anilines is 2. The van der Waals surface area contributed by atoms with E-state index in [-0.39, 0.29) is 24.6 Å². The Morgan fingerprint density at radius 3 is 2.75 bits per heavy atom. The fourth-order valence-electron chi connectivity index (χ4n) is 3.83. The zero-order chi connectivity index (χ0) is 22.7. The van der Waals surface area contributed by atoms with Crippen LogP contribution in [0.15, 0.2) is 53.7 Å². The summed E-state index contributed by atoms with van der Waals surface area (Å²) in [6.45, 7) is 0.647. The second-order valence-corrected chi connectivity index (χ2v) is 8.15. The maximum absolute atomic E-state index is 13.4. The molecule has 4 rings (SSSR count). The maximum atomic E-state index is 13.4. The normalized spacial score (nSPS) is 22.1. The minimum absolute atomic E-state index is 0.161. The zero-order valence-corrected chi connectivity index (χ0v) is 17.9. The Morgan fingerprint density at radius 1 is 1.16 bits per heavy atom. The molecule has 0 saturated carbocycles. The van der Waals surface area contributed by atoms with Crippen LogP contribution >= 0.6 is 0 Å². The molecule has 9 heteroatoms. The third kappa shape index (κ3) is 4.57. The van der Waals surface area contributed by atoms with Crippen molar-refractivity contribution in [3.63, 3.8) is 0 Å². The molecule has 0 radical (unpaired) electrons. The molecule has 0 aromatic heterocycles. The lowest BCUT2D eigenvalue weighted by atomic mass is 9.85. The van der Waals surface area contributed by atoms with Crippen LogP contribution in [0.5, 0.6) is 0 Å². The lowest BCUT2D eigenvalue weighted by Gasteiger charge is -2.38. The van der Waals surface area contributed by atoms with Gasteiger partial charge in [0.05, 0.1) is 12.6 Å². The van der Waals surface area contributed by atoms with Crippen molar-refractivity contribution in [1.29, 1.82) is 0 Å². The highest BCUT2D eigenvalue weighted by Gasteiger charge is 2.50. The number of rotatable bonds is 5. The van der Waals surface area contributed by atoms with E-state index in [1.54, 1.807) is 12.1 Å². The minimum Gasteiger partial charge on any atom is -0.384 e. The molecule has 2 aromatic rings. The number of nitrogens with zero attached hydrogens (tertiary/aromatic N) is 2. The van der Waals surface area contributed by atoms with Crippen LogP contribution in [0.2, 0.25) is 0 Å². The molecule has 2 aliphatic heterocycles. The number of ether oxygens (including phenoxy) is 1. The molecule has 2 atom stereocenters. The number of amides is 2. The fraction of sp³-hybridized carbons (Fsp3) is 0.348. The molecule has 2 amide bonds. The molecule has 8 nitrogen and oxygen atoms in total. The van der Waals surface area contributed by atoms with E-state index in [0.717, 1.165) is 5.69 Å². The molecule has 0 aliphatic carbocycles. The van der Waals surface area contributed by atoms with Gasteiger partial charge in [0.15, 0.2) is 5.60 Å². The van der Waals surface area contributed by atoms with Gasteiger partial charge in [0, 0.05) is 44.1 Å². The zero-order valence-electron chi connectivity index (χ0n) is 17.9. The Kier molecular flexibility index (Phi) is 6.09. The summed E-state index contributed by atoms with van der Waals surface area (Å²) in [5.41, 5.74) is 0.955. The van der Waals surface area contributed by atoms with E-state index in [4.69, 9.17) is 9.57 Å². The average molecular weight is 440 g/mol. The number of carbonyl (C=O) groups excluding carboxylic acids is 2. The van der Waals surface area contributed by atoms with Gasteiger partial charge in [-0.2, -0.15) is 0 Å². The molecule has 2 N–H and O–H groups in total. The monoisotopic (exact) mass is 440 g/mol. The third-order valence-electron chi connectivity index (χ3n) is 5.61. The first-order chi connectivity index (χ1) is 15.4. The second kappa shape index (κ2) is 8.96. The van der Waals surface area contributed by atoms with Gasteiger partial charge >= 0.3 is 0 Å². The lowest BCUT2D eigenvalue weighted by Crippen LogP contribution is -2.58. The quantitative estimate of drug-likeness (QED) is 0.746. The summed E-state index contributed by atoms with van der Waals surface area (Å²) in [4.78, 5) is 33.2. The molecule has 1 spiro atoms. The SMILES string of the molecule is CN(C)c1cccc(C(=O)N[C@@H]2CCOC[C@]23CC(C(=O)Nc2cccc(F)c2)=NO3)c1. The van der Waals surface area contributed by atoms with Crippen LogP contribution < -0.4 is 15.5 Å². The molecular formula is C23H25FN4O4. The summed E-state index contributed by atoms with van der Waals surface area (Å²) in [7, 11) is 3.81. The summed E-state index contributed by atoms with van der Waals surface area (Å²) < 4.78 is 19.0. The highest BCUT2D eigenvalue weighted by atomic mass is 19.1. The standard InChI is InChI=1S/C23H25FN4O4/c1-28(2)18-8-3-5-15(11-18)21(29)26-20-9-10-31-14-23(20)13-19(27-32-23)22(30)25-17-7-4-6-16(24)12-17/h3-8,11-12,20H,9-10,13-14H2,1-2H3,(H,25,30)(H,26,29)/t20-,23-/m1/s1. The molecule has 0 bridgehead atoms. The fourth-order valence-corrected chi connectivity index (χ4v) is 3.83. The Labute approximate surface area is 185 Å². The van der Waals surface area contributed by atoms with Gasteiger partial charge < -0.3 is 25.1 Å². The van der Waals surface area contributed by atoms with Crippen molar-refractivity contribution in [2.75, 3.05) is 37.5 Å². The largest absolute Gasteiger partial charge is 0.384 e. The Hall–Kier alpha value is -3.46. The van der Waals surface area contributed by atoms with Crippen molar-refractivity contribution < 1.29 is 23.6 Å². The van der Waals surface area contributed by atoms with Crippen molar-refractivity contribution in [3.05, 3.63) is 59.9 Å². The topological polar surface area (TPSA) is 92.3 Å². The number of carbonyl (C=O) groups is 2. The van der Waals surface area contributed by atoms with Crippen LogP contribution in [0.25, 0.3) is 0 Å². The number of hydrogen-bond acceptors (Lipinski definition) is 6. The van der Waals surface area contributed by atoms with Crippen LogP contribution in [0, 0.1) is 5.82 Å². The molecule has 2 aliphatic rings. The van der Waals surface area contributed by atoms with Gasteiger partial charge in [-0.15, -0.1) is 0 Å². The number of oxime groups is 1. The van der Waals surface area contributed by atoms with E-state index >= 15 is 0 Å². The van der Waals surface area contributed by atoms with Crippen LogP contribution in [0.4, 0.5) is 15.8 Å². The summed E-state index contributed by atoms with van der Waals surface area (Å²) in [5.74, 6) is -1.17. The number of nitrogens with one attached hydrogen (secondary N) is 2. The van der Waals surface area contributed by atoms with Crippen LogP contribution in [0.3, 0.4) is 0 Å². The summed E-state index contributed by atoms with van der Waals surface area (Å²) in [5, 5.41) is 9.63. The van der Waals surface area contributed by atoms with Crippen molar-refractivity contribution in [2.45, 2.75) is 24.5 Å². The van der Waals surface area contributed by atoms with Crippen molar-refractivity contribution in [2.24, 2.45) is 5.16 Å².